The van der Waals surface area contributed by atoms with E-state index in [9.17, 15) is 9.59 Å². The third kappa shape index (κ3) is 3.61. The molecule has 1 atom stereocenters. The van der Waals surface area contributed by atoms with Crippen LogP contribution >= 0.6 is 0 Å². The van der Waals surface area contributed by atoms with Gasteiger partial charge in [-0.05, 0) is 37.5 Å². The molecule has 9 nitrogen and oxygen atoms in total. The van der Waals surface area contributed by atoms with Crippen molar-refractivity contribution in [1.29, 1.82) is 5.41 Å². The predicted octanol–water partition coefficient (Wildman–Crippen LogP) is 0.992. The molecule has 1 saturated heterocycles. The largest absolute Gasteiger partial charge is 0.383 e. The molecule has 9 heteroatoms. The summed E-state index contributed by atoms with van der Waals surface area (Å²) in [5.74, 6) is -0.405. The van der Waals surface area contributed by atoms with E-state index in [0.717, 1.165) is 18.4 Å². The van der Waals surface area contributed by atoms with Gasteiger partial charge in [0.1, 0.15) is 16.8 Å². The SMILES string of the molecule is COCCn1c(=N)c(C(=O)NCC2CCCO2)cc2c(=O)n3cccc(C)c3nc21. The van der Waals surface area contributed by atoms with Gasteiger partial charge in [0.15, 0.2) is 0 Å². The van der Waals surface area contributed by atoms with Crippen molar-refractivity contribution in [3.05, 3.63) is 51.4 Å². The highest BCUT2D eigenvalue weighted by atomic mass is 16.5. The summed E-state index contributed by atoms with van der Waals surface area (Å²) in [6.45, 7) is 3.57. The van der Waals surface area contributed by atoms with Crippen LogP contribution in [0.25, 0.3) is 16.7 Å². The number of aryl methyl sites for hydroxylation is 1. The first-order chi connectivity index (χ1) is 14.5. The molecular weight excluding hydrogens is 386 g/mol. The number of methoxy groups -OCH3 is 1. The first kappa shape index (κ1) is 20.2. The fourth-order valence-corrected chi connectivity index (χ4v) is 3.78. The maximum absolute atomic E-state index is 13.2. The van der Waals surface area contributed by atoms with Crippen LogP contribution in [-0.4, -0.2) is 52.8 Å². The molecular formula is C21H25N5O4. The van der Waals surface area contributed by atoms with Crippen LogP contribution in [0.3, 0.4) is 0 Å². The fraction of sp³-hybridized carbons (Fsp3) is 0.429. The highest BCUT2D eigenvalue weighted by Gasteiger charge is 2.20. The Kier molecular flexibility index (Phi) is 5.65. The second-order valence-corrected chi connectivity index (χ2v) is 7.44. The summed E-state index contributed by atoms with van der Waals surface area (Å²) >= 11 is 0. The molecule has 0 spiro atoms. The molecule has 3 aromatic rings. The minimum Gasteiger partial charge on any atom is -0.383 e. The lowest BCUT2D eigenvalue weighted by Crippen LogP contribution is -2.38. The van der Waals surface area contributed by atoms with E-state index in [2.05, 4.69) is 10.3 Å². The second-order valence-electron chi connectivity index (χ2n) is 7.44. The molecule has 1 fully saturated rings. The molecule has 0 saturated carbocycles. The van der Waals surface area contributed by atoms with Crippen LogP contribution in [0, 0.1) is 12.3 Å². The van der Waals surface area contributed by atoms with E-state index in [1.165, 1.54) is 10.5 Å². The van der Waals surface area contributed by atoms with Crippen LogP contribution in [0.2, 0.25) is 0 Å². The second kappa shape index (κ2) is 8.37. The smallest absolute Gasteiger partial charge is 0.267 e. The van der Waals surface area contributed by atoms with E-state index in [4.69, 9.17) is 14.9 Å². The number of carbonyl (C=O) groups excluding carboxylic acids is 1. The van der Waals surface area contributed by atoms with Crippen molar-refractivity contribution in [2.24, 2.45) is 0 Å². The van der Waals surface area contributed by atoms with Gasteiger partial charge in [-0.3, -0.25) is 19.4 Å². The van der Waals surface area contributed by atoms with Gasteiger partial charge in [0.2, 0.25) is 0 Å². The van der Waals surface area contributed by atoms with Gasteiger partial charge in [-0.25, -0.2) is 4.98 Å². The molecule has 158 valence electrons. The van der Waals surface area contributed by atoms with Crippen LogP contribution < -0.4 is 16.4 Å². The topological polar surface area (TPSA) is 111 Å². The molecule has 30 heavy (non-hydrogen) atoms. The normalized spacial score (nSPS) is 16.4. The molecule has 0 aliphatic carbocycles. The Bertz CT molecular complexity index is 1220. The van der Waals surface area contributed by atoms with Crippen LogP contribution in [0.4, 0.5) is 0 Å². The summed E-state index contributed by atoms with van der Waals surface area (Å²) in [7, 11) is 1.56. The number of pyridine rings is 2. The monoisotopic (exact) mass is 411 g/mol. The lowest BCUT2D eigenvalue weighted by atomic mass is 10.1. The number of aromatic nitrogens is 3. The average molecular weight is 411 g/mol. The fourth-order valence-electron chi connectivity index (χ4n) is 3.78. The Hall–Kier alpha value is -3.04. The average Bonchev–Trinajstić information content (AvgIpc) is 3.26. The van der Waals surface area contributed by atoms with Crippen molar-refractivity contribution in [1.82, 2.24) is 19.3 Å². The maximum atomic E-state index is 13.2. The zero-order chi connectivity index (χ0) is 21.3. The maximum Gasteiger partial charge on any atom is 0.267 e. The summed E-state index contributed by atoms with van der Waals surface area (Å²) in [5, 5.41) is 11.7. The number of fused-ring (bicyclic) bond motifs is 2. The van der Waals surface area contributed by atoms with Crippen LogP contribution in [-0.2, 0) is 16.0 Å². The minimum atomic E-state index is -0.405. The lowest BCUT2D eigenvalue weighted by molar-refractivity contribution is 0.0855. The van der Waals surface area contributed by atoms with Gasteiger partial charge in [0, 0.05) is 33.0 Å². The van der Waals surface area contributed by atoms with Gasteiger partial charge in [-0.15, -0.1) is 0 Å². The van der Waals surface area contributed by atoms with Crippen molar-refractivity contribution in [2.45, 2.75) is 32.4 Å². The first-order valence-electron chi connectivity index (χ1n) is 10.00. The number of nitrogens with one attached hydrogen (secondary N) is 2. The third-order valence-electron chi connectivity index (χ3n) is 5.41. The highest BCUT2D eigenvalue weighted by molar-refractivity contribution is 5.96. The van der Waals surface area contributed by atoms with E-state index in [1.54, 1.807) is 23.9 Å². The van der Waals surface area contributed by atoms with Crippen molar-refractivity contribution >= 4 is 22.6 Å². The highest BCUT2D eigenvalue weighted by Crippen LogP contribution is 2.14. The Morgan fingerprint density at radius 1 is 1.43 bits per heavy atom. The zero-order valence-electron chi connectivity index (χ0n) is 17.1. The Morgan fingerprint density at radius 3 is 3.00 bits per heavy atom. The number of carbonyl (C=O) groups is 1. The molecule has 1 unspecified atom stereocenters. The van der Waals surface area contributed by atoms with Gasteiger partial charge < -0.3 is 19.4 Å². The van der Waals surface area contributed by atoms with Gasteiger partial charge >= 0.3 is 0 Å². The number of nitrogens with zero attached hydrogens (tertiary/aromatic N) is 3. The predicted molar refractivity (Wildman–Crippen MR) is 111 cm³/mol. The molecule has 0 aromatic carbocycles. The van der Waals surface area contributed by atoms with Crippen molar-refractivity contribution < 1.29 is 14.3 Å². The molecule has 0 bridgehead atoms. The van der Waals surface area contributed by atoms with Gasteiger partial charge in [0.25, 0.3) is 11.5 Å². The van der Waals surface area contributed by atoms with E-state index >= 15 is 0 Å². The number of hydrogen-bond donors (Lipinski definition) is 2. The molecule has 1 amide bonds. The van der Waals surface area contributed by atoms with Gasteiger partial charge in [-0.2, -0.15) is 0 Å². The Morgan fingerprint density at radius 2 is 2.27 bits per heavy atom. The molecule has 2 N–H and O–H groups in total. The molecule has 0 radical (unpaired) electrons. The summed E-state index contributed by atoms with van der Waals surface area (Å²) in [6.07, 6.45) is 3.52. The Labute approximate surface area is 172 Å². The quantitative estimate of drug-likeness (QED) is 0.588. The summed E-state index contributed by atoms with van der Waals surface area (Å²) in [5.41, 5.74) is 1.58. The zero-order valence-corrected chi connectivity index (χ0v) is 17.1. The van der Waals surface area contributed by atoms with Crippen LogP contribution in [0.15, 0.2) is 29.2 Å². The Balaban J connectivity index is 1.86. The van der Waals surface area contributed by atoms with E-state index < -0.39 is 5.91 Å². The number of amides is 1. The van der Waals surface area contributed by atoms with E-state index in [1.807, 2.05) is 13.0 Å². The van der Waals surface area contributed by atoms with Gasteiger partial charge in [-0.1, -0.05) is 6.07 Å². The summed E-state index contributed by atoms with van der Waals surface area (Å²) in [6, 6.07) is 5.13. The lowest BCUT2D eigenvalue weighted by Gasteiger charge is -2.16. The van der Waals surface area contributed by atoms with Crippen molar-refractivity contribution in [3.63, 3.8) is 0 Å². The van der Waals surface area contributed by atoms with Crippen LogP contribution in [0.5, 0.6) is 0 Å². The van der Waals surface area contributed by atoms with E-state index in [-0.39, 0.29) is 28.1 Å². The van der Waals surface area contributed by atoms with Crippen molar-refractivity contribution in [3.8, 4) is 0 Å². The molecule has 1 aliphatic rings. The number of hydrogen-bond acceptors (Lipinski definition) is 6. The van der Waals surface area contributed by atoms with E-state index in [0.29, 0.717) is 37.6 Å². The van der Waals surface area contributed by atoms with Crippen LogP contribution in [0.1, 0.15) is 28.8 Å². The summed E-state index contributed by atoms with van der Waals surface area (Å²) < 4.78 is 13.8. The molecule has 4 rings (SSSR count). The van der Waals surface area contributed by atoms with Crippen molar-refractivity contribution in [2.75, 3.05) is 26.9 Å². The standard InChI is InChI=1S/C21H25N5O4/c1-13-5-3-7-26-18(13)24-19-16(21(26)28)11-15(17(22)25(19)8-10-29-2)20(27)23-12-14-6-4-9-30-14/h3,5,7,11,14,22H,4,6,8-10,12H2,1-2H3,(H,23,27). The number of ether oxygens (including phenoxy) is 2. The third-order valence-corrected chi connectivity index (χ3v) is 5.41. The summed E-state index contributed by atoms with van der Waals surface area (Å²) in [4.78, 5) is 30.7. The molecule has 1 aliphatic heterocycles. The molecule has 3 aromatic heterocycles. The number of rotatable bonds is 6. The minimum absolute atomic E-state index is 0.00535. The van der Waals surface area contributed by atoms with Gasteiger partial charge in [0.05, 0.1) is 23.7 Å². The molecule has 4 heterocycles. The first-order valence-corrected chi connectivity index (χ1v) is 10.00.